The normalized spacial score (nSPS) is 13.3. The molecule has 0 amide bonds. The third kappa shape index (κ3) is 5.44. The zero-order valence-electron chi connectivity index (χ0n) is 12.3. The van der Waals surface area contributed by atoms with Gasteiger partial charge in [-0.2, -0.15) is 11.8 Å². The highest BCUT2D eigenvalue weighted by atomic mass is 32.2. The molecule has 0 aliphatic carbocycles. The maximum Gasteiger partial charge on any atom is 0.240 e. The summed E-state index contributed by atoms with van der Waals surface area (Å²) in [6.45, 7) is 5.69. The minimum atomic E-state index is -3.41. The first-order valence-electron chi connectivity index (χ1n) is 6.84. The molecule has 0 spiro atoms. The van der Waals surface area contributed by atoms with Gasteiger partial charge in [-0.15, -0.1) is 0 Å². The summed E-state index contributed by atoms with van der Waals surface area (Å²) in [6.07, 6.45) is 2.77. The molecule has 0 bridgehead atoms. The minimum absolute atomic E-state index is 0.0172. The Balaban J connectivity index is 2.76. The van der Waals surface area contributed by atoms with Crippen molar-refractivity contribution in [1.29, 1.82) is 0 Å². The molecule has 1 aromatic carbocycles. The molecule has 0 aromatic heterocycles. The van der Waals surface area contributed by atoms with Crippen LogP contribution in [0.3, 0.4) is 0 Å². The van der Waals surface area contributed by atoms with Crippen LogP contribution in [0.2, 0.25) is 0 Å². The predicted molar refractivity (Wildman–Crippen MR) is 86.6 cm³/mol. The molecule has 20 heavy (non-hydrogen) atoms. The molecule has 0 radical (unpaired) electrons. The highest BCUT2D eigenvalue weighted by Gasteiger charge is 2.18. The van der Waals surface area contributed by atoms with Crippen LogP contribution in [-0.2, 0) is 16.6 Å². The van der Waals surface area contributed by atoms with Crippen LogP contribution < -0.4 is 10.0 Å². The SMILES string of the molecule is CCNCc1ccc(S(=O)(=O)NC(CC)CSC)cc1. The van der Waals surface area contributed by atoms with Crippen LogP contribution in [0.5, 0.6) is 0 Å². The Hall–Kier alpha value is -0.560. The van der Waals surface area contributed by atoms with Crippen LogP contribution in [-0.4, -0.2) is 33.0 Å². The Labute approximate surface area is 126 Å². The lowest BCUT2D eigenvalue weighted by Gasteiger charge is -2.16. The second-order valence-electron chi connectivity index (χ2n) is 4.61. The van der Waals surface area contributed by atoms with Crippen LogP contribution in [0.1, 0.15) is 25.8 Å². The highest BCUT2D eigenvalue weighted by Crippen LogP contribution is 2.13. The monoisotopic (exact) mass is 316 g/mol. The number of hydrogen-bond acceptors (Lipinski definition) is 4. The molecule has 4 nitrogen and oxygen atoms in total. The summed E-state index contributed by atoms with van der Waals surface area (Å²) in [6, 6.07) is 7.03. The topological polar surface area (TPSA) is 58.2 Å². The Morgan fingerprint density at radius 2 is 1.85 bits per heavy atom. The predicted octanol–water partition coefficient (Wildman–Crippen LogP) is 2.22. The van der Waals surface area contributed by atoms with E-state index in [1.165, 1.54) is 0 Å². The van der Waals surface area contributed by atoms with E-state index in [2.05, 4.69) is 10.0 Å². The Bertz CT molecular complexity index is 486. The van der Waals surface area contributed by atoms with E-state index >= 15 is 0 Å². The van der Waals surface area contributed by atoms with Gasteiger partial charge in [-0.25, -0.2) is 13.1 Å². The molecule has 0 aliphatic rings. The van der Waals surface area contributed by atoms with E-state index in [1.807, 2.05) is 32.2 Å². The van der Waals surface area contributed by atoms with Crippen molar-refractivity contribution in [1.82, 2.24) is 10.0 Å². The van der Waals surface area contributed by atoms with Crippen molar-refractivity contribution in [2.45, 2.75) is 37.8 Å². The maximum atomic E-state index is 12.3. The quantitative estimate of drug-likeness (QED) is 0.733. The standard InChI is InChI=1S/C14H24N2O2S2/c1-4-13(11-19-3)16-20(17,18)14-8-6-12(7-9-14)10-15-5-2/h6-9,13,15-16H,4-5,10-11H2,1-3H3. The average molecular weight is 316 g/mol. The summed E-state index contributed by atoms with van der Waals surface area (Å²) in [5.74, 6) is 0.786. The van der Waals surface area contributed by atoms with Crippen LogP contribution in [0.25, 0.3) is 0 Å². The van der Waals surface area contributed by atoms with E-state index in [-0.39, 0.29) is 6.04 Å². The lowest BCUT2D eigenvalue weighted by molar-refractivity contribution is 0.558. The third-order valence-electron chi connectivity index (χ3n) is 3.00. The Kier molecular flexibility index (Phi) is 7.58. The van der Waals surface area contributed by atoms with Gasteiger partial charge >= 0.3 is 0 Å². The van der Waals surface area contributed by atoms with Gasteiger partial charge in [0.1, 0.15) is 0 Å². The summed E-state index contributed by atoms with van der Waals surface area (Å²) in [5.41, 5.74) is 1.09. The molecule has 0 fully saturated rings. The number of nitrogens with one attached hydrogen (secondary N) is 2. The zero-order valence-corrected chi connectivity index (χ0v) is 14.0. The van der Waals surface area contributed by atoms with Gasteiger partial charge in [0.25, 0.3) is 0 Å². The number of thioether (sulfide) groups is 1. The molecular formula is C14H24N2O2S2. The molecule has 2 N–H and O–H groups in total. The average Bonchev–Trinajstić information content (AvgIpc) is 2.45. The number of hydrogen-bond donors (Lipinski definition) is 2. The molecule has 1 unspecified atom stereocenters. The Morgan fingerprint density at radius 1 is 1.20 bits per heavy atom. The van der Waals surface area contributed by atoms with Crippen LogP contribution in [0.4, 0.5) is 0 Å². The minimum Gasteiger partial charge on any atom is -0.313 e. The second-order valence-corrected chi connectivity index (χ2v) is 7.23. The van der Waals surface area contributed by atoms with E-state index < -0.39 is 10.0 Å². The van der Waals surface area contributed by atoms with Crippen molar-refractivity contribution < 1.29 is 8.42 Å². The molecule has 0 saturated heterocycles. The van der Waals surface area contributed by atoms with Crippen molar-refractivity contribution in [2.75, 3.05) is 18.6 Å². The van der Waals surface area contributed by atoms with Crippen molar-refractivity contribution in [3.63, 3.8) is 0 Å². The first kappa shape index (κ1) is 17.5. The molecule has 0 saturated carbocycles. The maximum absolute atomic E-state index is 12.3. The third-order valence-corrected chi connectivity index (χ3v) is 5.27. The molecule has 1 aromatic rings. The summed E-state index contributed by atoms with van der Waals surface area (Å²) in [5, 5.41) is 3.21. The van der Waals surface area contributed by atoms with Crippen LogP contribution in [0, 0.1) is 0 Å². The van der Waals surface area contributed by atoms with Crippen molar-refractivity contribution in [2.24, 2.45) is 0 Å². The largest absolute Gasteiger partial charge is 0.313 e. The Morgan fingerprint density at radius 3 is 2.35 bits per heavy atom. The van der Waals surface area contributed by atoms with Crippen molar-refractivity contribution in [3.05, 3.63) is 29.8 Å². The fraction of sp³-hybridized carbons (Fsp3) is 0.571. The fourth-order valence-electron chi connectivity index (χ4n) is 1.78. The van der Waals surface area contributed by atoms with Crippen molar-refractivity contribution >= 4 is 21.8 Å². The fourth-order valence-corrected chi connectivity index (χ4v) is 3.93. The zero-order chi connectivity index (χ0) is 15.0. The van der Waals surface area contributed by atoms with Gasteiger partial charge in [-0.3, -0.25) is 0 Å². The summed E-state index contributed by atoms with van der Waals surface area (Å²) in [7, 11) is -3.41. The smallest absolute Gasteiger partial charge is 0.240 e. The molecule has 0 aliphatic heterocycles. The molecular weight excluding hydrogens is 292 g/mol. The van der Waals surface area contributed by atoms with E-state index in [1.54, 1.807) is 23.9 Å². The van der Waals surface area contributed by atoms with Gasteiger partial charge < -0.3 is 5.32 Å². The summed E-state index contributed by atoms with van der Waals surface area (Å²) >= 11 is 1.65. The molecule has 0 heterocycles. The van der Waals surface area contributed by atoms with Crippen LogP contribution in [0.15, 0.2) is 29.2 Å². The number of rotatable bonds is 9. The first-order chi connectivity index (χ1) is 9.53. The highest BCUT2D eigenvalue weighted by molar-refractivity contribution is 7.98. The van der Waals surface area contributed by atoms with Gasteiger partial charge in [0, 0.05) is 18.3 Å². The van der Waals surface area contributed by atoms with E-state index in [9.17, 15) is 8.42 Å². The van der Waals surface area contributed by atoms with Gasteiger partial charge in [-0.1, -0.05) is 26.0 Å². The molecule has 6 heteroatoms. The van der Waals surface area contributed by atoms with Crippen LogP contribution >= 0.6 is 11.8 Å². The van der Waals surface area contributed by atoms with E-state index in [0.717, 1.165) is 30.8 Å². The summed E-state index contributed by atoms with van der Waals surface area (Å²) < 4.78 is 27.3. The van der Waals surface area contributed by atoms with E-state index in [0.29, 0.717) is 4.90 Å². The lowest BCUT2D eigenvalue weighted by Crippen LogP contribution is -2.36. The molecule has 114 valence electrons. The van der Waals surface area contributed by atoms with Gasteiger partial charge in [0.15, 0.2) is 0 Å². The van der Waals surface area contributed by atoms with Gasteiger partial charge in [0.2, 0.25) is 10.0 Å². The number of benzene rings is 1. The molecule has 1 atom stereocenters. The lowest BCUT2D eigenvalue weighted by atomic mass is 10.2. The van der Waals surface area contributed by atoms with Crippen molar-refractivity contribution in [3.8, 4) is 0 Å². The first-order valence-corrected chi connectivity index (χ1v) is 9.72. The number of sulfonamides is 1. The summed E-state index contributed by atoms with van der Waals surface area (Å²) in [4.78, 5) is 0.331. The molecule has 1 rings (SSSR count). The van der Waals surface area contributed by atoms with Gasteiger partial charge in [-0.05, 0) is 36.9 Å². The van der Waals surface area contributed by atoms with E-state index in [4.69, 9.17) is 0 Å². The second kappa shape index (κ2) is 8.67. The van der Waals surface area contributed by atoms with Gasteiger partial charge in [0.05, 0.1) is 4.90 Å².